The monoisotopic (exact) mass is 260 g/mol. The summed E-state index contributed by atoms with van der Waals surface area (Å²) in [7, 11) is 0. The van der Waals surface area contributed by atoms with Crippen LogP contribution in [0.25, 0.3) is 0 Å². The quantitative estimate of drug-likeness (QED) is 0.636. The Morgan fingerprint density at radius 1 is 1.50 bits per heavy atom. The van der Waals surface area contributed by atoms with Gasteiger partial charge in [-0.3, -0.25) is 0 Å². The lowest BCUT2D eigenvalue weighted by atomic mass is 10.1. The van der Waals surface area contributed by atoms with Gasteiger partial charge in [-0.05, 0) is 43.6 Å². The van der Waals surface area contributed by atoms with Gasteiger partial charge in [0.25, 0.3) is 0 Å². The van der Waals surface area contributed by atoms with E-state index in [1.54, 1.807) is 6.20 Å². The predicted molar refractivity (Wildman–Crippen MR) is 64.7 cm³/mol. The molecule has 4 nitrogen and oxygen atoms in total. The maximum atomic E-state index is 5.94. The minimum absolute atomic E-state index is 0.189. The minimum atomic E-state index is 0.189. The van der Waals surface area contributed by atoms with Crippen LogP contribution in [0.15, 0.2) is 6.20 Å². The van der Waals surface area contributed by atoms with E-state index in [1.807, 2.05) is 0 Å². The lowest BCUT2D eigenvalue weighted by molar-refractivity contribution is 0.512. The first kappa shape index (κ1) is 12.0. The predicted octanol–water partition coefficient (Wildman–Crippen LogP) is 1.48. The Hall–Kier alpha value is -0.420. The van der Waals surface area contributed by atoms with Crippen molar-refractivity contribution >= 4 is 23.2 Å². The molecule has 2 heterocycles. The maximum absolute atomic E-state index is 5.94. The van der Waals surface area contributed by atoms with Gasteiger partial charge < -0.3 is 10.6 Å². The highest BCUT2D eigenvalue weighted by Crippen LogP contribution is 2.14. The first-order valence-corrected chi connectivity index (χ1v) is 6.09. The fourth-order valence-electron chi connectivity index (χ4n) is 1.78. The highest BCUT2D eigenvalue weighted by Gasteiger charge is 2.13. The van der Waals surface area contributed by atoms with Crippen molar-refractivity contribution in [2.75, 3.05) is 19.6 Å². The molecule has 0 radical (unpaired) electrons. The van der Waals surface area contributed by atoms with Crippen LogP contribution < -0.4 is 10.6 Å². The number of hydrogen-bond acceptors (Lipinski definition) is 4. The van der Waals surface area contributed by atoms with E-state index < -0.39 is 0 Å². The maximum Gasteiger partial charge on any atom is 0.223 e. The molecule has 0 unspecified atom stereocenters. The first-order valence-electron chi connectivity index (χ1n) is 5.34. The molecule has 0 bridgehead atoms. The largest absolute Gasteiger partial charge is 0.316 e. The number of aromatic nitrogens is 2. The summed E-state index contributed by atoms with van der Waals surface area (Å²) < 4.78 is 0. The van der Waals surface area contributed by atoms with E-state index in [4.69, 9.17) is 23.2 Å². The molecule has 0 aromatic carbocycles. The third-order valence-corrected chi connectivity index (χ3v) is 3.20. The molecule has 1 aromatic rings. The number of hydrogen-bond donors (Lipinski definition) is 2. The van der Waals surface area contributed by atoms with Gasteiger partial charge in [0, 0.05) is 18.3 Å². The summed E-state index contributed by atoms with van der Waals surface area (Å²) >= 11 is 11.6. The fraction of sp³-hybridized carbons (Fsp3) is 0.600. The molecule has 1 saturated heterocycles. The van der Waals surface area contributed by atoms with Crippen molar-refractivity contribution < 1.29 is 0 Å². The third kappa shape index (κ3) is 3.28. The van der Waals surface area contributed by atoms with E-state index in [9.17, 15) is 0 Å². The highest BCUT2D eigenvalue weighted by atomic mass is 35.5. The van der Waals surface area contributed by atoms with Crippen LogP contribution in [0.3, 0.4) is 0 Å². The highest BCUT2D eigenvalue weighted by molar-refractivity contribution is 6.32. The van der Waals surface area contributed by atoms with Gasteiger partial charge in [-0.25, -0.2) is 9.97 Å². The second kappa shape index (κ2) is 5.77. The Bertz CT molecular complexity index is 353. The molecule has 1 fully saturated rings. The average Bonchev–Trinajstić information content (AvgIpc) is 2.74. The smallest absolute Gasteiger partial charge is 0.223 e. The van der Waals surface area contributed by atoms with Crippen molar-refractivity contribution in [3.8, 4) is 0 Å². The summed E-state index contributed by atoms with van der Waals surface area (Å²) in [4.78, 5) is 7.80. The SMILES string of the molecule is Clc1ncc(CNC[C@@H]2CCNC2)c(Cl)n1. The second-order valence-corrected chi connectivity index (χ2v) is 4.64. The molecule has 2 rings (SSSR count). The van der Waals surface area contributed by atoms with Crippen LogP contribution in [-0.2, 0) is 6.54 Å². The van der Waals surface area contributed by atoms with Gasteiger partial charge >= 0.3 is 0 Å². The molecule has 0 amide bonds. The standard InChI is InChI=1S/C10H14Cl2N4/c11-9-8(6-15-10(12)16-9)5-14-4-7-1-2-13-3-7/h6-7,13-14H,1-5H2/t7-/m1/s1. The number of nitrogens with zero attached hydrogens (tertiary/aromatic N) is 2. The normalized spacial score (nSPS) is 20.2. The van der Waals surface area contributed by atoms with Gasteiger partial charge in [0.15, 0.2) is 0 Å². The third-order valence-electron chi connectivity index (χ3n) is 2.69. The van der Waals surface area contributed by atoms with Gasteiger partial charge in [-0.1, -0.05) is 11.6 Å². The zero-order chi connectivity index (χ0) is 11.4. The van der Waals surface area contributed by atoms with Crippen molar-refractivity contribution in [1.29, 1.82) is 0 Å². The number of nitrogens with one attached hydrogen (secondary N) is 2. The van der Waals surface area contributed by atoms with Gasteiger partial charge in [0.05, 0.1) is 0 Å². The van der Waals surface area contributed by atoms with Gasteiger partial charge in [-0.2, -0.15) is 0 Å². The Balaban J connectivity index is 1.80. The zero-order valence-corrected chi connectivity index (χ0v) is 10.4. The van der Waals surface area contributed by atoms with Gasteiger partial charge in [-0.15, -0.1) is 0 Å². The summed E-state index contributed by atoms with van der Waals surface area (Å²) in [6.45, 7) is 3.90. The molecule has 1 aliphatic heterocycles. The molecule has 16 heavy (non-hydrogen) atoms. The average molecular weight is 261 g/mol. The summed E-state index contributed by atoms with van der Waals surface area (Å²) in [5.41, 5.74) is 0.886. The van der Waals surface area contributed by atoms with E-state index in [1.165, 1.54) is 6.42 Å². The zero-order valence-electron chi connectivity index (χ0n) is 8.84. The fourth-order valence-corrected chi connectivity index (χ4v) is 2.16. The minimum Gasteiger partial charge on any atom is -0.316 e. The first-order chi connectivity index (χ1) is 7.75. The van der Waals surface area contributed by atoms with Gasteiger partial charge in [0.1, 0.15) is 5.15 Å². The molecule has 1 atom stereocenters. The summed E-state index contributed by atoms with van der Waals surface area (Å²) in [6, 6.07) is 0. The lowest BCUT2D eigenvalue weighted by Gasteiger charge is -2.10. The Kier molecular flexibility index (Phi) is 4.35. The molecule has 0 aliphatic carbocycles. The molecular formula is C10H14Cl2N4. The van der Waals surface area contributed by atoms with Crippen LogP contribution >= 0.6 is 23.2 Å². The molecule has 0 saturated carbocycles. The van der Waals surface area contributed by atoms with Crippen LogP contribution in [0, 0.1) is 5.92 Å². The molecule has 88 valence electrons. The lowest BCUT2D eigenvalue weighted by Crippen LogP contribution is -2.24. The molecule has 2 N–H and O–H groups in total. The summed E-state index contributed by atoms with van der Waals surface area (Å²) in [5, 5.41) is 7.30. The number of rotatable bonds is 4. The van der Waals surface area contributed by atoms with Crippen molar-refractivity contribution in [2.24, 2.45) is 5.92 Å². The van der Waals surface area contributed by atoms with Crippen LogP contribution in [-0.4, -0.2) is 29.6 Å². The Labute approximate surface area is 105 Å². The van der Waals surface area contributed by atoms with E-state index in [2.05, 4.69) is 20.6 Å². The van der Waals surface area contributed by atoms with Crippen molar-refractivity contribution in [3.63, 3.8) is 0 Å². The van der Waals surface area contributed by atoms with Crippen molar-refractivity contribution in [2.45, 2.75) is 13.0 Å². The van der Waals surface area contributed by atoms with Crippen LogP contribution in [0.1, 0.15) is 12.0 Å². The van der Waals surface area contributed by atoms with E-state index in [0.29, 0.717) is 17.6 Å². The molecule has 1 aromatic heterocycles. The Morgan fingerprint density at radius 3 is 3.06 bits per heavy atom. The van der Waals surface area contributed by atoms with Crippen LogP contribution in [0.2, 0.25) is 10.4 Å². The molecule has 6 heteroatoms. The van der Waals surface area contributed by atoms with Crippen molar-refractivity contribution in [3.05, 3.63) is 22.2 Å². The summed E-state index contributed by atoms with van der Waals surface area (Å²) in [6.07, 6.45) is 2.90. The Morgan fingerprint density at radius 2 is 2.38 bits per heavy atom. The van der Waals surface area contributed by atoms with Crippen LogP contribution in [0.5, 0.6) is 0 Å². The van der Waals surface area contributed by atoms with E-state index >= 15 is 0 Å². The number of halogens is 2. The molecule has 0 spiro atoms. The molecule has 1 aliphatic rings. The van der Waals surface area contributed by atoms with E-state index in [0.717, 1.165) is 25.2 Å². The topological polar surface area (TPSA) is 49.8 Å². The van der Waals surface area contributed by atoms with Crippen LogP contribution in [0.4, 0.5) is 0 Å². The van der Waals surface area contributed by atoms with Crippen molar-refractivity contribution in [1.82, 2.24) is 20.6 Å². The second-order valence-electron chi connectivity index (χ2n) is 3.94. The molecular weight excluding hydrogens is 247 g/mol. The van der Waals surface area contributed by atoms with E-state index in [-0.39, 0.29) is 5.28 Å². The van der Waals surface area contributed by atoms with Gasteiger partial charge in [0.2, 0.25) is 5.28 Å². The summed E-state index contributed by atoms with van der Waals surface area (Å²) in [5.74, 6) is 0.715.